The van der Waals surface area contributed by atoms with E-state index < -0.39 is 0 Å². The Hall–Kier alpha value is -1.55. The predicted octanol–water partition coefficient (Wildman–Crippen LogP) is 4.68. The Labute approximate surface area is 164 Å². The number of hydrogen-bond donors (Lipinski definition) is 0. The summed E-state index contributed by atoms with van der Waals surface area (Å²) in [6.07, 6.45) is 7.67. The monoisotopic (exact) mass is 374 g/mol. The molecule has 0 saturated carbocycles. The molecule has 150 valence electrons. The molecule has 1 aromatic carbocycles. The van der Waals surface area contributed by atoms with Gasteiger partial charge in [-0.05, 0) is 68.7 Å². The van der Waals surface area contributed by atoms with Crippen LogP contribution >= 0.6 is 0 Å². The van der Waals surface area contributed by atoms with Crippen LogP contribution in [0.2, 0.25) is 0 Å². The largest absolute Gasteiger partial charge is 0.493 e. The number of nitrogens with zero attached hydrogens (tertiary/aromatic N) is 1. The molecule has 2 aliphatic rings. The molecule has 0 bridgehead atoms. The van der Waals surface area contributed by atoms with Crippen molar-refractivity contribution in [2.24, 2.45) is 11.8 Å². The quantitative estimate of drug-likeness (QED) is 0.514. The fourth-order valence-corrected chi connectivity index (χ4v) is 4.91. The minimum absolute atomic E-state index is 0.220. The summed E-state index contributed by atoms with van der Waals surface area (Å²) in [4.78, 5) is 12.3. The van der Waals surface area contributed by atoms with Crippen molar-refractivity contribution >= 4 is 5.97 Å². The zero-order valence-electron chi connectivity index (χ0n) is 17.3. The SMILES string of the molecule is CC(C)COc1ccc(C(=O)OCCC2CCC[N+]3(C)CCCCC23)cc1. The Morgan fingerprint density at radius 1 is 1.11 bits per heavy atom. The van der Waals surface area contributed by atoms with Crippen LogP contribution in [0.3, 0.4) is 0 Å². The van der Waals surface area contributed by atoms with Crippen LogP contribution in [0.5, 0.6) is 5.75 Å². The van der Waals surface area contributed by atoms with Crippen LogP contribution in [0.25, 0.3) is 0 Å². The summed E-state index contributed by atoms with van der Waals surface area (Å²) in [5.74, 6) is 1.77. The van der Waals surface area contributed by atoms with E-state index in [1.54, 1.807) is 12.1 Å². The molecule has 0 aliphatic carbocycles. The highest BCUT2D eigenvalue weighted by molar-refractivity contribution is 5.89. The van der Waals surface area contributed by atoms with Gasteiger partial charge in [0.15, 0.2) is 0 Å². The molecular weight excluding hydrogens is 338 g/mol. The lowest BCUT2D eigenvalue weighted by molar-refractivity contribution is -0.947. The number of carbonyl (C=O) groups excluding carboxylic acids is 1. The minimum atomic E-state index is -0.220. The minimum Gasteiger partial charge on any atom is -0.493 e. The van der Waals surface area contributed by atoms with E-state index >= 15 is 0 Å². The third-order valence-electron chi connectivity index (χ3n) is 6.40. The van der Waals surface area contributed by atoms with Gasteiger partial charge in [0.1, 0.15) is 5.75 Å². The van der Waals surface area contributed by atoms with E-state index in [9.17, 15) is 4.79 Å². The molecule has 2 heterocycles. The molecule has 3 rings (SSSR count). The number of benzene rings is 1. The van der Waals surface area contributed by atoms with Crippen molar-refractivity contribution in [3.05, 3.63) is 29.8 Å². The second-order valence-corrected chi connectivity index (χ2v) is 9.05. The summed E-state index contributed by atoms with van der Waals surface area (Å²) >= 11 is 0. The second kappa shape index (κ2) is 9.09. The molecular formula is C23H36NO3+. The van der Waals surface area contributed by atoms with Crippen molar-refractivity contribution in [3.63, 3.8) is 0 Å². The number of esters is 1. The molecule has 0 radical (unpaired) electrons. The number of piperidine rings is 2. The summed E-state index contributed by atoms with van der Waals surface area (Å²) in [6.45, 7) is 8.10. The highest BCUT2D eigenvalue weighted by Gasteiger charge is 2.43. The summed E-state index contributed by atoms with van der Waals surface area (Å²) in [7, 11) is 2.44. The molecule has 3 atom stereocenters. The van der Waals surface area contributed by atoms with Crippen molar-refractivity contribution in [2.45, 2.75) is 58.4 Å². The predicted molar refractivity (Wildman–Crippen MR) is 108 cm³/mol. The number of fused-ring (bicyclic) bond motifs is 1. The summed E-state index contributed by atoms with van der Waals surface area (Å²) < 4.78 is 12.5. The van der Waals surface area contributed by atoms with Crippen LogP contribution in [0.15, 0.2) is 24.3 Å². The van der Waals surface area contributed by atoms with Gasteiger partial charge < -0.3 is 14.0 Å². The summed E-state index contributed by atoms with van der Waals surface area (Å²) in [5.41, 5.74) is 0.605. The van der Waals surface area contributed by atoms with Gasteiger partial charge in [-0.25, -0.2) is 4.79 Å². The molecule has 4 nitrogen and oxygen atoms in total. The maximum atomic E-state index is 12.3. The molecule has 0 N–H and O–H groups in total. The van der Waals surface area contributed by atoms with Gasteiger partial charge in [-0.3, -0.25) is 0 Å². The Balaban J connectivity index is 1.46. The highest BCUT2D eigenvalue weighted by Crippen LogP contribution is 2.37. The molecule has 3 unspecified atom stereocenters. The Morgan fingerprint density at radius 2 is 1.85 bits per heavy atom. The van der Waals surface area contributed by atoms with Crippen molar-refractivity contribution in [1.29, 1.82) is 0 Å². The van der Waals surface area contributed by atoms with Crippen molar-refractivity contribution < 1.29 is 18.8 Å². The Bertz CT molecular complexity index is 609. The number of hydrogen-bond acceptors (Lipinski definition) is 3. The maximum absolute atomic E-state index is 12.3. The van der Waals surface area contributed by atoms with Gasteiger partial charge in [-0.1, -0.05) is 13.8 Å². The lowest BCUT2D eigenvalue weighted by Gasteiger charge is -2.51. The average Bonchev–Trinajstić information content (AvgIpc) is 2.66. The first kappa shape index (κ1) is 20.2. The van der Waals surface area contributed by atoms with Crippen molar-refractivity contribution in [3.8, 4) is 5.75 Å². The van der Waals surface area contributed by atoms with Crippen LogP contribution in [0, 0.1) is 11.8 Å². The van der Waals surface area contributed by atoms with Gasteiger partial charge in [-0.15, -0.1) is 0 Å². The summed E-state index contributed by atoms with van der Waals surface area (Å²) in [6, 6.07) is 8.07. The van der Waals surface area contributed by atoms with Gasteiger partial charge in [0, 0.05) is 5.92 Å². The van der Waals surface area contributed by atoms with E-state index in [0.717, 1.165) is 18.2 Å². The third-order valence-corrected chi connectivity index (χ3v) is 6.40. The maximum Gasteiger partial charge on any atom is 0.338 e. The van der Waals surface area contributed by atoms with E-state index in [2.05, 4.69) is 20.9 Å². The molecule has 1 aromatic rings. The average molecular weight is 375 g/mol. The van der Waals surface area contributed by atoms with E-state index in [0.29, 0.717) is 30.6 Å². The fraction of sp³-hybridized carbons (Fsp3) is 0.696. The molecule has 0 amide bonds. The number of ether oxygens (including phenoxy) is 2. The molecule has 27 heavy (non-hydrogen) atoms. The van der Waals surface area contributed by atoms with E-state index in [1.807, 2.05) is 12.1 Å². The van der Waals surface area contributed by atoms with Gasteiger partial charge in [0.2, 0.25) is 0 Å². The van der Waals surface area contributed by atoms with E-state index in [1.165, 1.54) is 49.7 Å². The van der Waals surface area contributed by atoms with Crippen LogP contribution in [0.1, 0.15) is 62.7 Å². The third kappa shape index (κ3) is 5.25. The molecule has 2 aliphatic heterocycles. The van der Waals surface area contributed by atoms with Crippen molar-refractivity contribution in [2.75, 3.05) is 33.4 Å². The lowest BCUT2D eigenvalue weighted by atomic mass is 9.80. The van der Waals surface area contributed by atoms with Gasteiger partial charge in [0.25, 0.3) is 0 Å². The zero-order chi connectivity index (χ0) is 19.3. The Morgan fingerprint density at radius 3 is 2.59 bits per heavy atom. The first-order valence-corrected chi connectivity index (χ1v) is 10.7. The number of quaternary nitrogens is 1. The number of rotatable bonds is 7. The van der Waals surface area contributed by atoms with Crippen LogP contribution in [0.4, 0.5) is 0 Å². The fourth-order valence-electron chi connectivity index (χ4n) is 4.91. The van der Waals surface area contributed by atoms with Gasteiger partial charge >= 0.3 is 5.97 Å². The first-order chi connectivity index (χ1) is 13.0. The second-order valence-electron chi connectivity index (χ2n) is 9.05. The zero-order valence-corrected chi connectivity index (χ0v) is 17.3. The smallest absolute Gasteiger partial charge is 0.338 e. The van der Waals surface area contributed by atoms with Crippen molar-refractivity contribution in [1.82, 2.24) is 0 Å². The molecule has 2 fully saturated rings. The number of carbonyl (C=O) groups is 1. The lowest BCUT2D eigenvalue weighted by Crippen LogP contribution is -2.60. The van der Waals surface area contributed by atoms with Gasteiger partial charge in [0.05, 0.1) is 45.0 Å². The van der Waals surface area contributed by atoms with Crippen LogP contribution < -0.4 is 4.74 Å². The topological polar surface area (TPSA) is 35.5 Å². The van der Waals surface area contributed by atoms with E-state index in [-0.39, 0.29) is 5.97 Å². The van der Waals surface area contributed by atoms with E-state index in [4.69, 9.17) is 9.47 Å². The molecule has 2 saturated heterocycles. The van der Waals surface area contributed by atoms with Crippen LogP contribution in [-0.4, -0.2) is 49.8 Å². The first-order valence-electron chi connectivity index (χ1n) is 10.7. The summed E-state index contributed by atoms with van der Waals surface area (Å²) in [5, 5.41) is 0. The van der Waals surface area contributed by atoms with Gasteiger partial charge in [-0.2, -0.15) is 0 Å². The molecule has 0 aromatic heterocycles. The normalized spacial score (nSPS) is 27.9. The molecule has 4 heteroatoms. The molecule has 0 spiro atoms. The van der Waals surface area contributed by atoms with Crippen LogP contribution in [-0.2, 0) is 4.74 Å². The highest BCUT2D eigenvalue weighted by atomic mass is 16.5. The Kier molecular flexibility index (Phi) is 6.80. The standard InChI is InChI=1S/C23H36NO3/c1-18(2)17-27-21-11-9-20(10-12-21)23(25)26-16-13-19-7-6-15-24(3)14-5-4-8-22(19)24/h9-12,18-19,22H,4-8,13-17H2,1-3H3/q+1.